The number of benzene rings is 1. The second kappa shape index (κ2) is 7.34. The normalized spacial score (nSPS) is 19.4. The van der Waals surface area contributed by atoms with Crippen molar-refractivity contribution in [3.8, 4) is 0 Å². The second-order valence-corrected chi connectivity index (χ2v) is 5.78. The lowest BCUT2D eigenvalue weighted by Gasteiger charge is -2.43. The largest absolute Gasteiger partial charge is 0.381 e. The number of rotatable bonds is 6. The van der Waals surface area contributed by atoms with Gasteiger partial charge in [0.05, 0.1) is 11.6 Å². The van der Waals surface area contributed by atoms with Crippen LogP contribution < -0.4 is 5.32 Å². The molecule has 1 aliphatic heterocycles. The molecule has 1 heterocycles. The summed E-state index contributed by atoms with van der Waals surface area (Å²) in [6.45, 7) is 6.27. The van der Waals surface area contributed by atoms with Crippen molar-refractivity contribution in [3.63, 3.8) is 0 Å². The Hall–Kier alpha value is -0.970. The Balaban J connectivity index is 2.33. The summed E-state index contributed by atoms with van der Waals surface area (Å²) in [4.78, 5) is 0. The molecule has 1 atom stereocenters. The van der Waals surface area contributed by atoms with Crippen LogP contribution in [-0.2, 0) is 9.47 Å². The Bertz CT molecular complexity index is 458. The van der Waals surface area contributed by atoms with Crippen LogP contribution in [0.4, 0.5) is 4.39 Å². The van der Waals surface area contributed by atoms with E-state index in [-0.39, 0.29) is 17.5 Å². The van der Waals surface area contributed by atoms with Crippen LogP contribution in [-0.4, -0.2) is 32.5 Å². The van der Waals surface area contributed by atoms with Gasteiger partial charge in [0.15, 0.2) is 0 Å². The van der Waals surface area contributed by atoms with Crippen molar-refractivity contribution in [2.75, 3.05) is 26.9 Å². The molecule has 1 fully saturated rings. The third kappa shape index (κ3) is 3.62. The maximum atomic E-state index is 13.6. The highest BCUT2D eigenvalue weighted by molar-refractivity contribution is 5.29. The Morgan fingerprint density at radius 2 is 2.10 bits per heavy atom. The van der Waals surface area contributed by atoms with E-state index in [4.69, 9.17) is 9.47 Å². The molecular weight excluding hydrogens is 269 g/mol. The first-order valence-electron chi connectivity index (χ1n) is 7.75. The molecule has 0 spiro atoms. The molecular formula is C17H26FNO2. The number of hydrogen-bond donors (Lipinski definition) is 1. The van der Waals surface area contributed by atoms with Crippen LogP contribution in [0.1, 0.15) is 43.4 Å². The van der Waals surface area contributed by atoms with Gasteiger partial charge in [-0.1, -0.05) is 19.1 Å². The lowest BCUT2D eigenvalue weighted by atomic mass is 9.81. The summed E-state index contributed by atoms with van der Waals surface area (Å²) in [7, 11) is 1.77. The van der Waals surface area contributed by atoms with Gasteiger partial charge in [0.2, 0.25) is 0 Å². The zero-order chi connectivity index (χ0) is 15.3. The molecule has 118 valence electrons. The lowest BCUT2D eigenvalue weighted by molar-refractivity contribution is -0.111. The summed E-state index contributed by atoms with van der Waals surface area (Å²) >= 11 is 0. The fourth-order valence-electron chi connectivity index (χ4n) is 3.07. The van der Waals surface area contributed by atoms with Gasteiger partial charge in [-0.05, 0) is 37.1 Å². The molecule has 1 aromatic rings. The van der Waals surface area contributed by atoms with Crippen molar-refractivity contribution < 1.29 is 13.9 Å². The average Bonchev–Trinajstić information content (AvgIpc) is 2.52. The number of halogens is 1. The van der Waals surface area contributed by atoms with E-state index in [9.17, 15) is 4.39 Å². The summed E-state index contributed by atoms with van der Waals surface area (Å²) in [6, 6.07) is 5.41. The predicted octanol–water partition coefficient (Wildman–Crippen LogP) is 3.37. The topological polar surface area (TPSA) is 30.5 Å². The molecule has 0 aliphatic carbocycles. The summed E-state index contributed by atoms with van der Waals surface area (Å²) in [5.74, 6) is -0.161. The molecule has 0 amide bonds. The van der Waals surface area contributed by atoms with Gasteiger partial charge in [-0.25, -0.2) is 4.39 Å². The van der Waals surface area contributed by atoms with Gasteiger partial charge in [0.25, 0.3) is 0 Å². The van der Waals surface area contributed by atoms with Crippen LogP contribution in [0.25, 0.3) is 0 Å². The molecule has 2 rings (SSSR count). The molecule has 1 saturated heterocycles. The van der Waals surface area contributed by atoms with E-state index in [2.05, 4.69) is 12.2 Å². The summed E-state index contributed by atoms with van der Waals surface area (Å²) in [5, 5.41) is 3.59. The van der Waals surface area contributed by atoms with Crippen molar-refractivity contribution in [1.29, 1.82) is 0 Å². The zero-order valence-corrected chi connectivity index (χ0v) is 13.2. The third-order valence-electron chi connectivity index (χ3n) is 4.39. The van der Waals surface area contributed by atoms with Crippen LogP contribution in [0.5, 0.6) is 0 Å². The Labute approximate surface area is 126 Å². The minimum atomic E-state index is -0.280. The van der Waals surface area contributed by atoms with Crippen molar-refractivity contribution in [3.05, 3.63) is 35.1 Å². The van der Waals surface area contributed by atoms with E-state index in [0.29, 0.717) is 18.8 Å². The molecule has 0 radical (unpaired) electrons. The Morgan fingerprint density at radius 3 is 2.67 bits per heavy atom. The first-order chi connectivity index (χ1) is 10.1. The number of methoxy groups -OCH3 is 1. The molecule has 1 aromatic carbocycles. The highest BCUT2D eigenvalue weighted by atomic mass is 19.1. The van der Waals surface area contributed by atoms with Gasteiger partial charge in [-0.2, -0.15) is 0 Å². The molecule has 1 N–H and O–H groups in total. The summed E-state index contributed by atoms with van der Waals surface area (Å²) in [5.41, 5.74) is 1.48. The fourth-order valence-corrected chi connectivity index (χ4v) is 3.07. The van der Waals surface area contributed by atoms with Crippen LogP contribution in [0, 0.1) is 12.7 Å². The standard InChI is InChI=1S/C17H26FNO2/c1-4-9-19-16(14-5-6-15(18)13(2)12-14)17(20-3)7-10-21-11-8-17/h5-6,12,16,19H,4,7-11H2,1-3H3. The first-order valence-corrected chi connectivity index (χ1v) is 7.75. The van der Waals surface area contributed by atoms with E-state index in [1.807, 2.05) is 12.1 Å². The molecule has 21 heavy (non-hydrogen) atoms. The quantitative estimate of drug-likeness (QED) is 0.873. The third-order valence-corrected chi connectivity index (χ3v) is 4.39. The van der Waals surface area contributed by atoms with Crippen LogP contribution in [0.15, 0.2) is 18.2 Å². The highest BCUT2D eigenvalue weighted by Gasteiger charge is 2.41. The van der Waals surface area contributed by atoms with E-state index >= 15 is 0 Å². The molecule has 0 bridgehead atoms. The smallest absolute Gasteiger partial charge is 0.126 e. The van der Waals surface area contributed by atoms with Crippen molar-refractivity contribution in [1.82, 2.24) is 5.32 Å². The maximum Gasteiger partial charge on any atom is 0.126 e. The summed E-state index contributed by atoms with van der Waals surface area (Å²) in [6.07, 6.45) is 2.75. The Morgan fingerprint density at radius 1 is 1.38 bits per heavy atom. The van der Waals surface area contributed by atoms with Gasteiger partial charge in [-0.3, -0.25) is 0 Å². The monoisotopic (exact) mass is 295 g/mol. The van der Waals surface area contributed by atoms with Crippen LogP contribution >= 0.6 is 0 Å². The lowest BCUT2D eigenvalue weighted by Crippen LogP contribution is -2.49. The minimum absolute atomic E-state index is 0.0608. The van der Waals surface area contributed by atoms with Gasteiger partial charge >= 0.3 is 0 Å². The van der Waals surface area contributed by atoms with Crippen molar-refractivity contribution in [2.45, 2.75) is 44.8 Å². The number of ether oxygens (including phenoxy) is 2. The highest BCUT2D eigenvalue weighted by Crippen LogP contribution is 2.37. The van der Waals surface area contributed by atoms with E-state index < -0.39 is 0 Å². The first kappa shape index (κ1) is 16.4. The van der Waals surface area contributed by atoms with Gasteiger partial charge in [-0.15, -0.1) is 0 Å². The van der Waals surface area contributed by atoms with E-state index in [0.717, 1.165) is 31.4 Å². The van der Waals surface area contributed by atoms with Crippen molar-refractivity contribution >= 4 is 0 Å². The average molecular weight is 295 g/mol. The molecule has 1 aliphatic rings. The number of hydrogen-bond acceptors (Lipinski definition) is 3. The second-order valence-electron chi connectivity index (χ2n) is 5.78. The van der Waals surface area contributed by atoms with Crippen LogP contribution in [0.2, 0.25) is 0 Å². The van der Waals surface area contributed by atoms with Gasteiger partial charge in [0.1, 0.15) is 5.82 Å². The molecule has 1 unspecified atom stereocenters. The predicted molar refractivity (Wildman–Crippen MR) is 82.0 cm³/mol. The van der Waals surface area contributed by atoms with E-state index in [1.165, 1.54) is 0 Å². The maximum absolute atomic E-state index is 13.6. The van der Waals surface area contributed by atoms with Gasteiger partial charge in [0, 0.05) is 33.2 Å². The molecule has 4 heteroatoms. The number of nitrogens with one attached hydrogen (secondary N) is 1. The molecule has 0 aromatic heterocycles. The SMILES string of the molecule is CCCNC(c1ccc(F)c(C)c1)C1(OC)CCOCC1. The van der Waals surface area contributed by atoms with E-state index in [1.54, 1.807) is 20.1 Å². The van der Waals surface area contributed by atoms with Gasteiger partial charge < -0.3 is 14.8 Å². The van der Waals surface area contributed by atoms with Crippen molar-refractivity contribution in [2.24, 2.45) is 0 Å². The summed E-state index contributed by atoms with van der Waals surface area (Å²) < 4.78 is 25.0. The fraction of sp³-hybridized carbons (Fsp3) is 0.647. The van der Waals surface area contributed by atoms with Crippen LogP contribution in [0.3, 0.4) is 0 Å². The molecule has 0 saturated carbocycles. The minimum Gasteiger partial charge on any atom is -0.381 e. The zero-order valence-electron chi connectivity index (χ0n) is 13.2. The molecule has 3 nitrogen and oxygen atoms in total. The number of aryl methyl sites for hydroxylation is 1. The Kier molecular flexibility index (Phi) is 5.73.